The lowest BCUT2D eigenvalue weighted by Crippen LogP contribution is -1.98. The predicted octanol–water partition coefficient (Wildman–Crippen LogP) is 8.58. The highest BCUT2D eigenvalue weighted by Gasteiger charge is 1.98. The van der Waals surface area contributed by atoms with Crippen molar-refractivity contribution in [2.45, 2.75) is 71.8 Å². The molecule has 3 rings (SSSR count). The number of phenolic OH excluding ortho intramolecular Hbond substituents is 1. The maximum Gasteiger partial charge on any atom is 0.120 e. The summed E-state index contributed by atoms with van der Waals surface area (Å²) < 4.78 is 17.0. The molecule has 190 valence electrons. The van der Waals surface area contributed by atoms with E-state index in [1.807, 2.05) is 42.5 Å². The van der Waals surface area contributed by atoms with Crippen LogP contribution in [-0.2, 0) is 6.61 Å². The van der Waals surface area contributed by atoms with E-state index in [9.17, 15) is 0 Å². The van der Waals surface area contributed by atoms with E-state index in [-0.39, 0.29) is 5.75 Å². The Labute approximate surface area is 211 Å². The third-order valence-corrected chi connectivity index (χ3v) is 5.44. The molecule has 3 aromatic carbocycles. The van der Waals surface area contributed by atoms with Crippen molar-refractivity contribution in [3.8, 4) is 23.0 Å². The smallest absolute Gasteiger partial charge is 0.120 e. The van der Waals surface area contributed by atoms with Crippen LogP contribution < -0.4 is 14.2 Å². The molecule has 0 aliphatic heterocycles. The Morgan fingerprint density at radius 1 is 0.514 bits per heavy atom. The minimum absolute atomic E-state index is 0.281. The molecule has 1 N–H and O–H groups in total. The van der Waals surface area contributed by atoms with Crippen molar-refractivity contribution in [3.05, 3.63) is 84.4 Å². The average molecular weight is 479 g/mol. The normalized spacial score (nSPS) is 10.2. The van der Waals surface area contributed by atoms with Gasteiger partial charge in [-0.15, -0.1) is 0 Å². The van der Waals surface area contributed by atoms with E-state index in [2.05, 4.69) is 26.0 Å². The number of hydrogen-bond donors (Lipinski definition) is 1. The second kappa shape index (κ2) is 18.2. The molecule has 0 aromatic heterocycles. The van der Waals surface area contributed by atoms with Crippen LogP contribution in [0.4, 0.5) is 0 Å². The van der Waals surface area contributed by atoms with E-state index in [0.29, 0.717) is 6.61 Å². The molecule has 0 amide bonds. The summed E-state index contributed by atoms with van der Waals surface area (Å²) in [7, 11) is 0. The highest BCUT2D eigenvalue weighted by Crippen LogP contribution is 2.19. The highest BCUT2D eigenvalue weighted by molar-refractivity contribution is 5.31. The summed E-state index contributed by atoms with van der Waals surface area (Å²) >= 11 is 0. The molecule has 0 saturated carbocycles. The molecule has 0 bridgehead atoms. The van der Waals surface area contributed by atoms with Gasteiger partial charge < -0.3 is 19.3 Å². The topological polar surface area (TPSA) is 47.9 Å². The van der Waals surface area contributed by atoms with E-state index in [1.165, 1.54) is 44.1 Å². The zero-order chi connectivity index (χ0) is 25.0. The first-order valence-electron chi connectivity index (χ1n) is 13.0. The molecule has 0 heterocycles. The molecule has 0 aliphatic rings. The SMILES string of the molecule is CCCCCCOc1ccc(O)cc1.CCCCCCOc1ccc(OCc2ccccc2)cc1. The van der Waals surface area contributed by atoms with Gasteiger partial charge in [-0.25, -0.2) is 0 Å². The van der Waals surface area contributed by atoms with Gasteiger partial charge in [0, 0.05) is 0 Å². The van der Waals surface area contributed by atoms with Crippen LogP contribution in [0.5, 0.6) is 23.0 Å². The first kappa shape index (κ1) is 28.1. The number of phenols is 1. The number of aromatic hydroxyl groups is 1. The zero-order valence-electron chi connectivity index (χ0n) is 21.5. The van der Waals surface area contributed by atoms with E-state index in [0.717, 1.165) is 43.3 Å². The Morgan fingerprint density at radius 2 is 0.971 bits per heavy atom. The number of hydrogen-bond acceptors (Lipinski definition) is 4. The highest BCUT2D eigenvalue weighted by atomic mass is 16.5. The van der Waals surface area contributed by atoms with Gasteiger partial charge in [0.15, 0.2) is 0 Å². The van der Waals surface area contributed by atoms with Gasteiger partial charge in [0.25, 0.3) is 0 Å². The lowest BCUT2D eigenvalue weighted by molar-refractivity contribution is 0.297. The fourth-order valence-electron chi connectivity index (χ4n) is 3.35. The number of ether oxygens (including phenoxy) is 3. The van der Waals surface area contributed by atoms with Gasteiger partial charge in [0.05, 0.1) is 13.2 Å². The third kappa shape index (κ3) is 13.4. The van der Waals surface area contributed by atoms with Crippen LogP contribution in [0.25, 0.3) is 0 Å². The van der Waals surface area contributed by atoms with Crippen molar-refractivity contribution in [3.63, 3.8) is 0 Å². The van der Waals surface area contributed by atoms with E-state index >= 15 is 0 Å². The second-order valence-corrected chi connectivity index (χ2v) is 8.56. The number of rotatable bonds is 15. The second-order valence-electron chi connectivity index (χ2n) is 8.56. The Hall–Kier alpha value is -3.14. The predicted molar refractivity (Wildman–Crippen MR) is 145 cm³/mol. The molecule has 0 atom stereocenters. The summed E-state index contributed by atoms with van der Waals surface area (Å²) in [5, 5.41) is 9.04. The monoisotopic (exact) mass is 478 g/mol. The quantitative estimate of drug-likeness (QED) is 0.222. The van der Waals surface area contributed by atoms with Crippen molar-refractivity contribution in [1.29, 1.82) is 0 Å². The molecule has 0 radical (unpaired) electrons. The van der Waals surface area contributed by atoms with Gasteiger partial charge in [-0.3, -0.25) is 0 Å². The van der Waals surface area contributed by atoms with Crippen LogP contribution in [0.3, 0.4) is 0 Å². The molecule has 0 unspecified atom stereocenters. The molecular weight excluding hydrogens is 436 g/mol. The van der Waals surface area contributed by atoms with Crippen molar-refractivity contribution in [2.75, 3.05) is 13.2 Å². The molecule has 0 aliphatic carbocycles. The van der Waals surface area contributed by atoms with Gasteiger partial charge in [0.2, 0.25) is 0 Å². The molecule has 4 nitrogen and oxygen atoms in total. The maximum atomic E-state index is 9.04. The summed E-state index contributed by atoms with van der Waals surface area (Å²) in [5.41, 5.74) is 1.17. The van der Waals surface area contributed by atoms with Crippen LogP contribution in [0, 0.1) is 0 Å². The largest absolute Gasteiger partial charge is 0.508 e. The van der Waals surface area contributed by atoms with Crippen LogP contribution in [0.1, 0.15) is 70.8 Å². The minimum Gasteiger partial charge on any atom is -0.508 e. The van der Waals surface area contributed by atoms with Crippen molar-refractivity contribution in [1.82, 2.24) is 0 Å². The Bertz CT molecular complexity index is 876. The minimum atomic E-state index is 0.281. The Balaban J connectivity index is 0.000000269. The van der Waals surface area contributed by atoms with Crippen LogP contribution in [-0.4, -0.2) is 18.3 Å². The lowest BCUT2D eigenvalue weighted by atomic mass is 10.2. The molecular formula is C31H42O4. The summed E-state index contributed by atoms with van der Waals surface area (Å²) in [6.07, 6.45) is 9.78. The molecule has 3 aromatic rings. The lowest BCUT2D eigenvalue weighted by Gasteiger charge is -2.09. The molecule has 0 saturated heterocycles. The standard InChI is InChI=1S/C19H24O2.C12H18O2/c1-2-3-4-8-15-20-18-11-13-19(14-12-18)21-16-17-9-6-5-7-10-17;1-2-3-4-5-10-14-12-8-6-11(13)7-9-12/h5-7,9-14H,2-4,8,15-16H2,1H3;6-9,13H,2-5,10H2,1H3. The first-order chi connectivity index (χ1) is 17.2. The van der Waals surface area contributed by atoms with E-state index in [4.69, 9.17) is 19.3 Å². The van der Waals surface area contributed by atoms with E-state index < -0.39 is 0 Å². The van der Waals surface area contributed by atoms with Crippen molar-refractivity contribution >= 4 is 0 Å². The molecule has 0 spiro atoms. The Morgan fingerprint density at radius 3 is 1.46 bits per heavy atom. The van der Waals surface area contributed by atoms with Gasteiger partial charge in [-0.05, 0) is 66.9 Å². The zero-order valence-corrected chi connectivity index (χ0v) is 21.5. The fourth-order valence-corrected chi connectivity index (χ4v) is 3.35. The van der Waals surface area contributed by atoms with Crippen molar-refractivity contribution in [2.24, 2.45) is 0 Å². The molecule has 35 heavy (non-hydrogen) atoms. The van der Waals surface area contributed by atoms with Crippen LogP contribution in [0.2, 0.25) is 0 Å². The number of unbranched alkanes of at least 4 members (excludes halogenated alkanes) is 6. The fraction of sp³-hybridized carbons (Fsp3) is 0.419. The molecule has 0 fully saturated rings. The van der Waals surface area contributed by atoms with Crippen LogP contribution >= 0.6 is 0 Å². The summed E-state index contributed by atoms with van der Waals surface area (Å²) in [5.74, 6) is 2.90. The first-order valence-corrected chi connectivity index (χ1v) is 13.0. The van der Waals surface area contributed by atoms with Gasteiger partial charge >= 0.3 is 0 Å². The van der Waals surface area contributed by atoms with Crippen molar-refractivity contribution < 1.29 is 19.3 Å². The third-order valence-electron chi connectivity index (χ3n) is 5.44. The summed E-state index contributed by atoms with van der Waals surface area (Å²) in [6, 6.07) is 24.9. The average Bonchev–Trinajstić information content (AvgIpc) is 2.90. The maximum absolute atomic E-state index is 9.04. The summed E-state index contributed by atoms with van der Waals surface area (Å²) in [6.45, 7) is 6.57. The Kier molecular flexibility index (Phi) is 14.6. The summed E-state index contributed by atoms with van der Waals surface area (Å²) in [4.78, 5) is 0. The van der Waals surface area contributed by atoms with Gasteiger partial charge in [-0.1, -0.05) is 82.7 Å². The van der Waals surface area contributed by atoms with Gasteiger partial charge in [0.1, 0.15) is 29.6 Å². The van der Waals surface area contributed by atoms with Crippen LogP contribution in [0.15, 0.2) is 78.9 Å². The number of benzene rings is 3. The van der Waals surface area contributed by atoms with E-state index in [1.54, 1.807) is 24.3 Å². The van der Waals surface area contributed by atoms with Gasteiger partial charge in [-0.2, -0.15) is 0 Å². The molecule has 4 heteroatoms.